The average molecular weight is 237 g/mol. The van der Waals surface area contributed by atoms with Gasteiger partial charge in [0.25, 0.3) is 0 Å². The summed E-state index contributed by atoms with van der Waals surface area (Å²) >= 11 is 0. The second-order valence-corrected chi connectivity index (χ2v) is 4.34. The van der Waals surface area contributed by atoms with Crippen molar-refractivity contribution in [2.75, 3.05) is 5.32 Å². The van der Waals surface area contributed by atoms with Crippen LogP contribution in [0.5, 0.6) is 0 Å². The maximum absolute atomic E-state index is 8.90. The smallest absolute Gasteiger partial charge is 0.127 e. The summed E-state index contributed by atoms with van der Waals surface area (Å²) in [5.74, 6) is 0.744. The number of nitrogens with one attached hydrogen (secondary N) is 1. The minimum absolute atomic E-state index is 0.634. The molecule has 1 N–H and O–H groups in total. The van der Waals surface area contributed by atoms with Gasteiger partial charge in [0.1, 0.15) is 5.82 Å². The van der Waals surface area contributed by atoms with E-state index in [2.05, 4.69) is 41.5 Å². The minimum Gasteiger partial charge on any atom is -0.366 e. The lowest BCUT2D eigenvalue weighted by atomic mass is 10.1. The number of aromatic nitrogens is 1. The van der Waals surface area contributed by atoms with Gasteiger partial charge in [0, 0.05) is 12.2 Å². The number of benzene rings is 1. The molecule has 0 spiro atoms. The van der Waals surface area contributed by atoms with Gasteiger partial charge in [-0.15, -0.1) is 0 Å². The largest absolute Gasteiger partial charge is 0.366 e. The van der Waals surface area contributed by atoms with Crippen molar-refractivity contribution in [1.29, 1.82) is 5.26 Å². The third kappa shape index (κ3) is 3.08. The molecule has 1 heterocycles. The second kappa shape index (κ2) is 5.33. The first-order valence-electron chi connectivity index (χ1n) is 5.85. The molecule has 0 radical (unpaired) electrons. The molecule has 1 aromatic carbocycles. The van der Waals surface area contributed by atoms with Crippen LogP contribution in [-0.4, -0.2) is 4.98 Å². The average Bonchev–Trinajstić information content (AvgIpc) is 2.36. The van der Waals surface area contributed by atoms with Gasteiger partial charge < -0.3 is 5.32 Å². The predicted octanol–water partition coefficient (Wildman–Crippen LogP) is 3.18. The quantitative estimate of drug-likeness (QED) is 0.891. The summed E-state index contributed by atoms with van der Waals surface area (Å²) in [5, 5.41) is 12.1. The molecule has 18 heavy (non-hydrogen) atoms. The molecule has 0 aliphatic carbocycles. The van der Waals surface area contributed by atoms with E-state index in [0.29, 0.717) is 12.1 Å². The topological polar surface area (TPSA) is 48.7 Å². The number of nitriles is 1. The van der Waals surface area contributed by atoms with Gasteiger partial charge in [0.15, 0.2) is 0 Å². The Bertz CT molecular complexity index is 597. The fourth-order valence-electron chi connectivity index (χ4n) is 1.84. The van der Waals surface area contributed by atoms with Crippen LogP contribution in [0.15, 0.2) is 36.4 Å². The molecule has 0 saturated carbocycles. The number of hydrogen-bond acceptors (Lipinski definition) is 3. The maximum Gasteiger partial charge on any atom is 0.127 e. The fraction of sp³-hybridized carbons (Fsp3) is 0.200. The van der Waals surface area contributed by atoms with Gasteiger partial charge in [-0.2, -0.15) is 5.26 Å². The van der Waals surface area contributed by atoms with E-state index in [-0.39, 0.29) is 0 Å². The van der Waals surface area contributed by atoms with Crippen LogP contribution >= 0.6 is 0 Å². The number of nitrogens with zero attached hydrogens (tertiary/aromatic N) is 2. The Labute approximate surface area is 107 Å². The van der Waals surface area contributed by atoms with Crippen LogP contribution in [0.3, 0.4) is 0 Å². The van der Waals surface area contributed by atoms with Gasteiger partial charge >= 0.3 is 0 Å². The fourth-order valence-corrected chi connectivity index (χ4v) is 1.84. The molecule has 3 nitrogen and oxygen atoms in total. The van der Waals surface area contributed by atoms with E-state index in [0.717, 1.165) is 11.5 Å². The van der Waals surface area contributed by atoms with E-state index in [1.54, 1.807) is 12.1 Å². The molecule has 0 amide bonds. The summed E-state index contributed by atoms with van der Waals surface area (Å²) in [7, 11) is 0. The molecule has 1 aromatic heterocycles. The molecule has 0 saturated heterocycles. The van der Waals surface area contributed by atoms with Crippen LogP contribution in [0, 0.1) is 25.2 Å². The highest BCUT2D eigenvalue weighted by Crippen LogP contribution is 2.11. The summed E-state index contributed by atoms with van der Waals surface area (Å²) < 4.78 is 0. The second-order valence-electron chi connectivity index (χ2n) is 4.34. The van der Waals surface area contributed by atoms with Gasteiger partial charge in [0.2, 0.25) is 0 Å². The van der Waals surface area contributed by atoms with E-state index >= 15 is 0 Å². The Morgan fingerprint density at radius 1 is 1.22 bits per heavy atom. The molecule has 2 aromatic rings. The highest BCUT2D eigenvalue weighted by Gasteiger charge is 2.00. The Hall–Kier alpha value is -2.34. The van der Waals surface area contributed by atoms with Gasteiger partial charge in [-0.05, 0) is 31.5 Å². The molecule has 2 rings (SSSR count). The first-order chi connectivity index (χ1) is 8.67. The van der Waals surface area contributed by atoms with Crippen molar-refractivity contribution in [1.82, 2.24) is 4.98 Å². The van der Waals surface area contributed by atoms with Crippen molar-refractivity contribution < 1.29 is 0 Å². The predicted molar refractivity (Wildman–Crippen MR) is 72.2 cm³/mol. The number of pyridine rings is 1. The number of rotatable bonds is 3. The highest BCUT2D eigenvalue weighted by atomic mass is 15.0. The highest BCUT2D eigenvalue weighted by molar-refractivity contribution is 5.44. The van der Waals surface area contributed by atoms with Crippen LogP contribution < -0.4 is 5.32 Å². The lowest BCUT2D eigenvalue weighted by molar-refractivity contribution is 1.08. The standard InChI is InChI=1S/C15H15N3/c1-11-4-3-5-13(6-11)10-17-15-8-14(9-16)7-12(2)18-15/h3-8H,10H2,1-2H3,(H,17,18). The molecule has 90 valence electrons. The van der Waals surface area contributed by atoms with E-state index in [4.69, 9.17) is 5.26 Å². The van der Waals surface area contributed by atoms with Crippen LogP contribution in [0.2, 0.25) is 0 Å². The Balaban J connectivity index is 2.11. The lowest BCUT2D eigenvalue weighted by Crippen LogP contribution is -2.02. The normalized spacial score (nSPS) is 9.83. The first-order valence-corrected chi connectivity index (χ1v) is 5.85. The summed E-state index contributed by atoms with van der Waals surface area (Å²) in [6, 6.07) is 14.0. The van der Waals surface area contributed by atoms with Crippen molar-refractivity contribution in [3.63, 3.8) is 0 Å². The van der Waals surface area contributed by atoms with Crippen LogP contribution in [-0.2, 0) is 6.54 Å². The van der Waals surface area contributed by atoms with Gasteiger partial charge in [-0.25, -0.2) is 4.98 Å². The number of hydrogen-bond donors (Lipinski definition) is 1. The van der Waals surface area contributed by atoms with E-state index in [1.165, 1.54) is 11.1 Å². The number of aryl methyl sites for hydroxylation is 2. The van der Waals surface area contributed by atoms with Crippen molar-refractivity contribution in [3.05, 3.63) is 58.8 Å². The van der Waals surface area contributed by atoms with Crippen molar-refractivity contribution in [3.8, 4) is 6.07 Å². The minimum atomic E-state index is 0.634. The summed E-state index contributed by atoms with van der Waals surface area (Å²) in [4.78, 5) is 4.36. The molecule has 0 fully saturated rings. The van der Waals surface area contributed by atoms with Crippen molar-refractivity contribution >= 4 is 5.82 Å². The van der Waals surface area contributed by atoms with Crippen molar-refractivity contribution in [2.45, 2.75) is 20.4 Å². The Kier molecular flexibility index (Phi) is 3.59. The van der Waals surface area contributed by atoms with Crippen molar-refractivity contribution in [2.24, 2.45) is 0 Å². The first kappa shape index (κ1) is 12.1. The third-order valence-electron chi connectivity index (χ3n) is 2.64. The Morgan fingerprint density at radius 2 is 2.06 bits per heavy atom. The van der Waals surface area contributed by atoms with E-state index < -0.39 is 0 Å². The summed E-state index contributed by atoms with van der Waals surface area (Å²) in [5.41, 5.74) is 3.93. The molecule has 0 aliphatic rings. The van der Waals surface area contributed by atoms with E-state index in [1.807, 2.05) is 13.0 Å². The maximum atomic E-state index is 8.90. The number of anilines is 1. The molecule has 0 atom stereocenters. The molecule has 0 bridgehead atoms. The zero-order valence-electron chi connectivity index (χ0n) is 10.6. The molecular formula is C15H15N3. The lowest BCUT2D eigenvalue weighted by Gasteiger charge is -2.07. The van der Waals surface area contributed by atoms with Gasteiger partial charge in [0.05, 0.1) is 11.6 Å². The zero-order chi connectivity index (χ0) is 13.0. The molecule has 3 heteroatoms. The third-order valence-corrected chi connectivity index (χ3v) is 2.64. The summed E-state index contributed by atoms with van der Waals surface area (Å²) in [6.45, 7) is 4.67. The molecule has 0 unspecified atom stereocenters. The summed E-state index contributed by atoms with van der Waals surface area (Å²) in [6.07, 6.45) is 0. The zero-order valence-corrected chi connectivity index (χ0v) is 10.6. The SMILES string of the molecule is Cc1cccc(CNc2cc(C#N)cc(C)n2)c1. The Morgan fingerprint density at radius 3 is 2.78 bits per heavy atom. The van der Waals surface area contributed by atoms with Crippen LogP contribution in [0.25, 0.3) is 0 Å². The van der Waals surface area contributed by atoms with Gasteiger partial charge in [-0.3, -0.25) is 0 Å². The molecule has 0 aliphatic heterocycles. The van der Waals surface area contributed by atoms with Gasteiger partial charge in [-0.1, -0.05) is 29.8 Å². The van der Waals surface area contributed by atoms with Crippen LogP contribution in [0.4, 0.5) is 5.82 Å². The monoisotopic (exact) mass is 237 g/mol. The molecular weight excluding hydrogens is 222 g/mol. The van der Waals surface area contributed by atoms with Crippen LogP contribution in [0.1, 0.15) is 22.4 Å². The van der Waals surface area contributed by atoms with E-state index in [9.17, 15) is 0 Å².